The minimum atomic E-state index is -0.561. The summed E-state index contributed by atoms with van der Waals surface area (Å²) in [5, 5.41) is 5.65. The minimum Gasteiger partial charge on any atom is -0.438 e. The van der Waals surface area contributed by atoms with Crippen molar-refractivity contribution in [2.24, 2.45) is 0 Å². The fraction of sp³-hybridized carbons (Fsp3) is 0.125. The number of anilines is 1. The van der Waals surface area contributed by atoms with Crippen molar-refractivity contribution in [3.63, 3.8) is 0 Å². The van der Waals surface area contributed by atoms with Gasteiger partial charge in [0.25, 0.3) is 0 Å². The fourth-order valence-electron chi connectivity index (χ4n) is 1.91. The predicted molar refractivity (Wildman–Crippen MR) is 88.1 cm³/mol. The molecule has 0 aliphatic carbocycles. The maximum Gasteiger partial charge on any atom is 0.340 e. The predicted octanol–water partition coefficient (Wildman–Crippen LogP) is 3.22. The molecule has 0 radical (unpaired) electrons. The lowest BCUT2D eigenvalue weighted by molar-refractivity contribution is 0.0392. The Labute approximate surface area is 137 Å². The summed E-state index contributed by atoms with van der Waals surface area (Å²) in [6.07, 6.45) is 2.80. The number of rotatable bonds is 5. The van der Waals surface area contributed by atoms with Crippen LogP contribution in [0.2, 0.25) is 0 Å². The molecule has 0 aliphatic rings. The van der Waals surface area contributed by atoms with Gasteiger partial charge in [0.2, 0.25) is 5.95 Å². The number of aromatic nitrogens is 3. The lowest BCUT2D eigenvalue weighted by Gasteiger charge is -2.15. The molecule has 116 valence electrons. The number of benzene rings is 1. The summed E-state index contributed by atoms with van der Waals surface area (Å²) in [5.41, 5.74) is 1.22. The van der Waals surface area contributed by atoms with Gasteiger partial charge in [0, 0.05) is 17.8 Å². The Morgan fingerprint density at radius 3 is 2.74 bits per heavy atom. The Hall–Kier alpha value is -2.80. The second-order valence-corrected chi connectivity index (χ2v) is 5.56. The largest absolute Gasteiger partial charge is 0.438 e. The first-order valence-electron chi connectivity index (χ1n) is 6.98. The van der Waals surface area contributed by atoms with Crippen LogP contribution in [0.5, 0.6) is 0 Å². The topological polar surface area (TPSA) is 77.0 Å². The maximum absolute atomic E-state index is 12.0. The number of thiazole rings is 1. The number of nitrogens with zero attached hydrogens (tertiary/aromatic N) is 3. The molecule has 3 aromatic rings. The van der Waals surface area contributed by atoms with Gasteiger partial charge in [0.15, 0.2) is 6.23 Å². The minimum absolute atomic E-state index is 0.381. The molecule has 0 bridgehead atoms. The second kappa shape index (κ2) is 6.97. The molecule has 23 heavy (non-hydrogen) atoms. The lowest BCUT2D eigenvalue weighted by atomic mass is 10.2. The van der Waals surface area contributed by atoms with Gasteiger partial charge in [-0.2, -0.15) is 0 Å². The van der Waals surface area contributed by atoms with E-state index in [0.29, 0.717) is 11.5 Å². The Morgan fingerprint density at radius 1 is 1.17 bits per heavy atom. The standard InChI is InChI=1S/C16H14N4O2S/c1-11(22-15(21)12-5-3-2-4-6-12)19-16-18-8-7-13(20-16)14-17-9-10-23-14/h2-11H,1H3,(H,18,19,20). The van der Waals surface area contributed by atoms with E-state index in [1.165, 1.54) is 11.3 Å². The molecule has 6 nitrogen and oxygen atoms in total. The zero-order valence-corrected chi connectivity index (χ0v) is 13.2. The van der Waals surface area contributed by atoms with Crippen LogP contribution in [-0.2, 0) is 4.74 Å². The average Bonchev–Trinajstić information content (AvgIpc) is 3.10. The summed E-state index contributed by atoms with van der Waals surface area (Å²) in [4.78, 5) is 24.7. The van der Waals surface area contributed by atoms with Crippen LogP contribution in [0.15, 0.2) is 54.2 Å². The highest BCUT2D eigenvalue weighted by molar-refractivity contribution is 7.13. The highest BCUT2D eigenvalue weighted by Crippen LogP contribution is 2.20. The van der Waals surface area contributed by atoms with Crippen molar-refractivity contribution >= 4 is 23.3 Å². The third-order valence-corrected chi connectivity index (χ3v) is 3.73. The molecule has 0 aliphatic heterocycles. The van der Waals surface area contributed by atoms with Crippen LogP contribution in [0.4, 0.5) is 5.95 Å². The van der Waals surface area contributed by atoms with E-state index in [4.69, 9.17) is 4.74 Å². The van der Waals surface area contributed by atoms with Crippen LogP contribution in [0.3, 0.4) is 0 Å². The quantitative estimate of drug-likeness (QED) is 0.573. The number of hydrogen-bond donors (Lipinski definition) is 1. The SMILES string of the molecule is CC(Nc1nccc(-c2nccs2)n1)OC(=O)c1ccccc1. The first kappa shape index (κ1) is 15.1. The molecule has 0 spiro atoms. The van der Waals surface area contributed by atoms with Gasteiger partial charge in [-0.25, -0.2) is 19.7 Å². The van der Waals surface area contributed by atoms with E-state index >= 15 is 0 Å². The van der Waals surface area contributed by atoms with Crippen molar-refractivity contribution in [1.29, 1.82) is 0 Å². The van der Waals surface area contributed by atoms with Crippen molar-refractivity contribution in [1.82, 2.24) is 15.0 Å². The van der Waals surface area contributed by atoms with E-state index in [1.54, 1.807) is 49.6 Å². The number of hydrogen-bond acceptors (Lipinski definition) is 7. The number of ether oxygens (including phenoxy) is 1. The third kappa shape index (κ3) is 3.89. The summed E-state index contributed by atoms with van der Waals surface area (Å²) in [6, 6.07) is 10.6. The first-order chi connectivity index (χ1) is 11.2. The van der Waals surface area contributed by atoms with Crippen LogP contribution in [-0.4, -0.2) is 27.1 Å². The van der Waals surface area contributed by atoms with Gasteiger partial charge in [-0.05, 0) is 25.1 Å². The summed E-state index contributed by atoms with van der Waals surface area (Å²) in [5.74, 6) is -0.0206. The monoisotopic (exact) mass is 326 g/mol. The molecule has 0 saturated heterocycles. The van der Waals surface area contributed by atoms with Crippen LogP contribution >= 0.6 is 11.3 Å². The van der Waals surface area contributed by atoms with Crippen LogP contribution < -0.4 is 5.32 Å². The molecule has 2 aromatic heterocycles. The molecular weight excluding hydrogens is 312 g/mol. The van der Waals surface area contributed by atoms with Crippen molar-refractivity contribution < 1.29 is 9.53 Å². The zero-order chi connectivity index (χ0) is 16.1. The highest BCUT2D eigenvalue weighted by Gasteiger charge is 2.13. The van der Waals surface area contributed by atoms with Gasteiger partial charge in [0.05, 0.1) is 5.56 Å². The summed E-state index contributed by atoms with van der Waals surface area (Å²) in [7, 11) is 0. The first-order valence-corrected chi connectivity index (χ1v) is 7.86. The van der Waals surface area contributed by atoms with Gasteiger partial charge >= 0.3 is 5.97 Å². The summed E-state index contributed by atoms with van der Waals surface area (Å²) >= 11 is 1.50. The maximum atomic E-state index is 12.0. The van der Waals surface area contributed by atoms with Crippen LogP contribution in [0.25, 0.3) is 10.7 Å². The molecule has 3 rings (SSSR count). The molecule has 1 aromatic carbocycles. The molecule has 1 N–H and O–H groups in total. The van der Waals surface area contributed by atoms with E-state index in [2.05, 4.69) is 20.3 Å². The Balaban J connectivity index is 1.65. The third-order valence-electron chi connectivity index (χ3n) is 2.93. The van der Waals surface area contributed by atoms with E-state index in [0.717, 1.165) is 10.7 Å². The molecule has 2 heterocycles. The Morgan fingerprint density at radius 2 is 2.00 bits per heavy atom. The van der Waals surface area contributed by atoms with Crippen LogP contribution in [0, 0.1) is 0 Å². The normalized spacial score (nSPS) is 11.7. The number of carbonyl (C=O) groups excluding carboxylic acids is 1. The number of carbonyl (C=O) groups is 1. The molecule has 0 amide bonds. The van der Waals surface area contributed by atoms with Gasteiger partial charge < -0.3 is 10.1 Å². The number of nitrogens with one attached hydrogen (secondary N) is 1. The van der Waals surface area contributed by atoms with Crippen molar-refractivity contribution in [2.75, 3.05) is 5.32 Å². The highest BCUT2D eigenvalue weighted by atomic mass is 32.1. The zero-order valence-electron chi connectivity index (χ0n) is 12.3. The van der Waals surface area contributed by atoms with E-state index in [-0.39, 0.29) is 0 Å². The smallest absolute Gasteiger partial charge is 0.340 e. The molecule has 0 saturated carbocycles. The van der Waals surface area contributed by atoms with Gasteiger partial charge in [-0.1, -0.05) is 18.2 Å². The van der Waals surface area contributed by atoms with E-state index < -0.39 is 12.2 Å². The Kier molecular flexibility index (Phi) is 4.58. The summed E-state index contributed by atoms with van der Waals surface area (Å²) < 4.78 is 5.33. The van der Waals surface area contributed by atoms with Crippen molar-refractivity contribution in [2.45, 2.75) is 13.2 Å². The molecule has 1 unspecified atom stereocenters. The Bertz CT molecular complexity index is 778. The van der Waals surface area contributed by atoms with Gasteiger partial charge in [0.1, 0.15) is 10.7 Å². The molecule has 7 heteroatoms. The molecular formula is C16H14N4O2S. The lowest BCUT2D eigenvalue weighted by Crippen LogP contribution is -2.24. The second-order valence-electron chi connectivity index (χ2n) is 4.66. The van der Waals surface area contributed by atoms with Crippen LogP contribution in [0.1, 0.15) is 17.3 Å². The average molecular weight is 326 g/mol. The van der Waals surface area contributed by atoms with E-state index in [9.17, 15) is 4.79 Å². The molecule has 1 atom stereocenters. The fourth-order valence-corrected chi connectivity index (χ4v) is 2.52. The number of esters is 1. The van der Waals surface area contributed by atoms with Crippen molar-refractivity contribution in [3.8, 4) is 10.7 Å². The van der Waals surface area contributed by atoms with Crippen molar-refractivity contribution in [3.05, 3.63) is 59.7 Å². The molecule has 0 fully saturated rings. The van der Waals surface area contributed by atoms with Gasteiger partial charge in [-0.15, -0.1) is 11.3 Å². The summed E-state index contributed by atoms with van der Waals surface area (Å²) in [6.45, 7) is 1.72. The van der Waals surface area contributed by atoms with Gasteiger partial charge in [-0.3, -0.25) is 0 Å². The van der Waals surface area contributed by atoms with E-state index in [1.807, 2.05) is 11.4 Å².